The molecule has 0 unspecified atom stereocenters. The number of aryl methyl sites for hydroxylation is 1. The second-order valence-electron chi connectivity index (χ2n) is 2.06. The van der Waals surface area contributed by atoms with Gasteiger partial charge in [0, 0.05) is 19.4 Å². The lowest BCUT2D eigenvalue weighted by atomic mass is 10.7. The zero-order chi connectivity index (χ0) is 7.78. The summed E-state index contributed by atoms with van der Waals surface area (Å²) >= 11 is 0. The molecule has 0 radical (unpaired) electrons. The summed E-state index contributed by atoms with van der Waals surface area (Å²) in [6.45, 7) is 0. The lowest BCUT2D eigenvalue weighted by Crippen LogP contribution is -2.10. The van der Waals surface area contributed by atoms with Gasteiger partial charge in [-0.25, -0.2) is 13.6 Å². The number of primary sulfonamides is 1. The fourth-order valence-corrected chi connectivity index (χ4v) is 1.21. The normalized spacial score (nSPS) is 10.7. The summed E-state index contributed by atoms with van der Waals surface area (Å²) in [5.74, 6) is 0. The molecule has 1 rings (SSSR count). The third-order valence-electron chi connectivity index (χ3n) is 1.13. The Morgan fingerprint density at radius 1 is 1.55 bits per heavy atom. The Morgan fingerprint density at radius 2 is 2.09 bits per heavy atom. The summed E-state index contributed by atoms with van der Waals surface area (Å²) in [5.41, 5.74) is 0. The molecule has 0 aromatic carbocycles. The molecule has 64 valence electrons. The monoisotopic (exact) mass is 196 g/mol. The van der Waals surface area contributed by atoms with Crippen molar-refractivity contribution < 1.29 is 8.42 Å². The molecule has 0 aliphatic rings. The Balaban J connectivity index is 0.000001000. The molecule has 0 amide bonds. The van der Waals surface area contributed by atoms with Gasteiger partial charge in [0.05, 0.1) is 4.90 Å². The standard InChI is InChI=1S/C5H8N2O2S.ClH/c1-7-3-2-5(4-7)10(6,8)9;/h2-4H,1H3,(H2,6,8,9);1H. The van der Waals surface area contributed by atoms with Gasteiger partial charge in [0.1, 0.15) is 0 Å². The molecule has 0 saturated heterocycles. The summed E-state index contributed by atoms with van der Waals surface area (Å²) < 4.78 is 22.8. The lowest BCUT2D eigenvalue weighted by molar-refractivity contribution is 0.597. The van der Waals surface area contributed by atoms with Crippen LogP contribution in [0, 0.1) is 0 Å². The van der Waals surface area contributed by atoms with E-state index in [0.29, 0.717) is 0 Å². The van der Waals surface area contributed by atoms with E-state index in [9.17, 15) is 8.42 Å². The van der Waals surface area contributed by atoms with Crippen LogP contribution in [0.2, 0.25) is 0 Å². The van der Waals surface area contributed by atoms with Crippen LogP contribution < -0.4 is 5.14 Å². The van der Waals surface area contributed by atoms with E-state index in [4.69, 9.17) is 5.14 Å². The lowest BCUT2D eigenvalue weighted by Gasteiger charge is -1.88. The van der Waals surface area contributed by atoms with E-state index >= 15 is 0 Å². The summed E-state index contributed by atoms with van der Waals surface area (Å²) in [7, 11) is -1.77. The first-order chi connectivity index (χ1) is 4.50. The number of hydrogen-bond donors (Lipinski definition) is 1. The van der Waals surface area contributed by atoms with Crippen molar-refractivity contribution in [2.45, 2.75) is 4.90 Å². The van der Waals surface area contributed by atoms with Gasteiger partial charge in [0.25, 0.3) is 0 Å². The van der Waals surface area contributed by atoms with Crippen molar-refractivity contribution in [2.75, 3.05) is 0 Å². The molecule has 0 atom stereocenters. The van der Waals surface area contributed by atoms with E-state index in [-0.39, 0.29) is 17.3 Å². The highest BCUT2D eigenvalue weighted by atomic mass is 35.5. The van der Waals surface area contributed by atoms with Crippen LogP contribution in [-0.4, -0.2) is 13.0 Å². The highest BCUT2D eigenvalue weighted by Crippen LogP contribution is 2.04. The van der Waals surface area contributed by atoms with Gasteiger partial charge in [-0.2, -0.15) is 0 Å². The van der Waals surface area contributed by atoms with Gasteiger partial charge in [-0.05, 0) is 6.07 Å². The van der Waals surface area contributed by atoms with Gasteiger partial charge >= 0.3 is 0 Å². The van der Waals surface area contributed by atoms with Gasteiger partial charge in [0.2, 0.25) is 10.0 Å². The predicted octanol–water partition coefficient (Wildman–Crippen LogP) is 0.0943. The Kier molecular flexibility index (Phi) is 3.10. The largest absolute Gasteiger partial charge is 0.356 e. The van der Waals surface area contributed by atoms with E-state index in [2.05, 4.69) is 0 Å². The number of nitrogens with zero attached hydrogens (tertiary/aromatic N) is 1. The second-order valence-corrected chi connectivity index (χ2v) is 3.62. The van der Waals surface area contributed by atoms with Gasteiger partial charge < -0.3 is 4.57 Å². The van der Waals surface area contributed by atoms with Crippen molar-refractivity contribution in [1.82, 2.24) is 4.57 Å². The third kappa shape index (κ3) is 2.53. The zero-order valence-electron chi connectivity index (χ0n) is 5.89. The highest BCUT2D eigenvalue weighted by Gasteiger charge is 2.06. The first-order valence-corrected chi connectivity index (χ1v) is 4.19. The molecule has 11 heavy (non-hydrogen) atoms. The molecule has 0 aliphatic carbocycles. The molecule has 1 aromatic rings. The molecule has 0 aliphatic heterocycles. The molecule has 4 nitrogen and oxygen atoms in total. The molecule has 1 aromatic heterocycles. The smallest absolute Gasteiger partial charge is 0.239 e. The van der Waals surface area contributed by atoms with Gasteiger partial charge in [-0.15, -0.1) is 12.4 Å². The molecule has 1 heterocycles. The van der Waals surface area contributed by atoms with Crippen LogP contribution in [0.3, 0.4) is 0 Å². The minimum Gasteiger partial charge on any atom is -0.356 e. The van der Waals surface area contributed by atoms with Gasteiger partial charge in [0.15, 0.2) is 0 Å². The van der Waals surface area contributed by atoms with Crippen molar-refractivity contribution in [3.05, 3.63) is 18.5 Å². The second kappa shape index (κ2) is 3.25. The highest BCUT2D eigenvalue weighted by molar-refractivity contribution is 7.89. The summed E-state index contributed by atoms with van der Waals surface area (Å²) in [5, 5.41) is 4.83. The van der Waals surface area contributed by atoms with Crippen LogP contribution >= 0.6 is 12.4 Å². The Morgan fingerprint density at radius 3 is 2.27 bits per heavy atom. The SMILES string of the molecule is Cl.Cn1ccc(S(N)(=O)=O)c1. The zero-order valence-corrected chi connectivity index (χ0v) is 7.52. The van der Waals surface area contributed by atoms with Crippen molar-refractivity contribution in [3.8, 4) is 0 Å². The molecule has 2 N–H and O–H groups in total. The van der Waals surface area contributed by atoms with E-state index in [1.165, 1.54) is 12.3 Å². The molecule has 0 bridgehead atoms. The maximum atomic E-state index is 10.6. The molecule has 0 saturated carbocycles. The Bertz CT molecular complexity index is 330. The van der Waals surface area contributed by atoms with Crippen LogP contribution in [0.15, 0.2) is 23.4 Å². The molecule has 6 heteroatoms. The molecular formula is C5H9ClN2O2S. The first-order valence-electron chi connectivity index (χ1n) is 2.65. The number of nitrogens with two attached hydrogens (primary N) is 1. The minimum atomic E-state index is -3.50. The van der Waals surface area contributed by atoms with Gasteiger partial charge in [-0.3, -0.25) is 0 Å². The van der Waals surface area contributed by atoms with Crippen LogP contribution in [0.1, 0.15) is 0 Å². The van der Waals surface area contributed by atoms with E-state index in [0.717, 1.165) is 0 Å². The fourth-order valence-electron chi connectivity index (χ4n) is 0.646. The van der Waals surface area contributed by atoms with E-state index in [1.54, 1.807) is 17.8 Å². The third-order valence-corrected chi connectivity index (χ3v) is 2.03. The topological polar surface area (TPSA) is 65.1 Å². The van der Waals surface area contributed by atoms with Crippen molar-refractivity contribution >= 4 is 22.4 Å². The summed E-state index contributed by atoms with van der Waals surface area (Å²) in [6, 6.07) is 1.45. The average molecular weight is 197 g/mol. The Labute approximate surface area is 71.5 Å². The number of rotatable bonds is 1. The molecule has 0 spiro atoms. The number of sulfonamides is 1. The van der Waals surface area contributed by atoms with Crippen LogP contribution in [-0.2, 0) is 17.1 Å². The number of halogens is 1. The quantitative estimate of drug-likeness (QED) is 0.692. The van der Waals surface area contributed by atoms with Gasteiger partial charge in [-0.1, -0.05) is 0 Å². The molecule has 0 fully saturated rings. The predicted molar refractivity (Wildman–Crippen MR) is 44.0 cm³/mol. The maximum Gasteiger partial charge on any atom is 0.239 e. The van der Waals surface area contributed by atoms with Crippen LogP contribution in [0.5, 0.6) is 0 Å². The maximum absolute atomic E-state index is 10.6. The van der Waals surface area contributed by atoms with Crippen LogP contribution in [0.25, 0.3) is 0 Å². The van der Waals surface area contributed by atoms with Crippen molar-refractivity contribution in [1.29, 1.82) is 0 Å². The van der Waals surface area contributed by atoms with Crippen molar-refractivity contribution in [3.63, 3.8) is 0 Å². The first kappa shape index (κ1) is 10.5. The Hall–Kier alpha value is -0.520. The summed E-state index contributed by atoms with van der Waals surface area (Å²) in [6.07, 6.45) is 3.08. The fraction of sp³-hybridized carbons (Fsp3) is 0.200. The van der Waals surface area contributed by atoms with E-state index < -0.39 is 10.0 Å². The minimum absolute atomic E-state index is 0. The number of aromatic nitrogens is 1. The van der Waals surface area contributed by atoms with Crippen LogP contribution in [0.4, 0.5) is 0 Å². The number of hydrogen-bond acceptors (Lipinski definition) is 2. The molecular weight excluding hydrogens is 188 g/mol. The van der Waals surface area contributed by atoms with E-state index in [1.807, 2.05) is 0 Å². The summed E-state index contributed by atoms with van der Waals surface area (Å²) in [4.78, 5) is 0.148. The van der Waals surface area contributed by atoms with Crippen molar-refractivity contribution in [2.24, 2.45) is 12.2 Å². The average Bonchev–Trinajstić information content (AvgIpc) is 2.11.